The zero-order valence-corrected chi connectivity index (χ0v) is 12.9. The van der Waals surface area contributed by atoms with Crippen molar-refractivity contribution in [2.45, 2.75) is 45.2 Å². The van der Waals surface area contributed by atoms with Crippen LogP contribution in [0.4, 0.5) is 0 Å². The number of nitrogens with one attached hydrogen (secondary N) is 1. The van der Waals surface area contributed by atoms with Crippen LogP contribution in [0.3, 0.4) is 0 Å². The van der Waals surface area contributed by atoms with E-state index in [1.54, 1.807) is 0 Å². The molecule has 1 aromatic carbocycles. The molecule has 0 radical (unpaired) electrons. The Bertz CT molecular complexity index is 386. The van der Waals surface area contributed by atoms with E-state index in [1.165, 1.54) is 31.4 Å². The van der Waals surface area contributed by atoms with Crippen LogP contribution in [0.25, 0.3) is 0 Å². The fourth-order valence-electron chi connectivity index (χ4n) is 2.81. The fourth-order valence-corrected chi connectivity index (χ4v) is 2.81. The molecule has 1 heterocycles. The van der Waals surface area contributed by atoms with Crippen LogP contribution in [0, 0.1) is 0 Å². The predicted molar refractivity (Wildman–Crippen MR) is 84.2 cm³/mol. The summed E-state index contributed by atoms with van der Waals surface area (Å²) >= 11 is 0. The van der Waals surface area contributed by atoms with Crippen molar-refractivity contribution in [1.29, 1.82) is 0 Å². The van der Waals surface area contributed by atoms with E-state index >= 15 is 0 Å². The van der Waals surface area contributed by atoms with E-state index in [0.717, 1.165) is 31.9 Å². The highest BCUT2D eigenvalue weighted by molar-refractivity contribution is 5.28. The number of ether oxygens (including phenoxy) is 1. The molecular weight excluding hydrogens is 248 g/mol. The normalized spacial score (nSPS) is 19.9. The fraction of sp³-hybridized carbons (Fsp3) is 0.647. The topological polar surface area (TPSA) is 24.5 Å². The van der Waals surface area contributed by atoms with E-state index in [9.17, 15) is 0 Å². The Morgan fingerprint density at radius 3 is 3.05 bits per heavy atom. The van der Waals surface area contributed by atoms with Gasteiger partial charge in [-0.25, -0.2) is 0 Å². The average molecular weight is 276 g/mol. The Hall–Kier alpha value is -1.06. The van der Waals surface area contributed by atoms with Crippen LogP contribution in [-0.2, 0) is 6.54 Å². The minimum Gasteiger partial charge on any atom is -0.494 e. The van der Waals surface area contributed by atoms with Crippen molar-refractivity contribution in [2.75, 3.05) is 26.7 Å². The molecule has 20 heavy (non-hydrogen) atoms. The van der Waals surface area contributed by atoms with E-state index in [4.69, 9.17) is 4.74 Å². The van der Waals surface area contributed by atoms with E-state index in [1.807, 2.05) is 0 Å². The molecular formula is C17H28N2O. The zero-order valence-electron chi connectivity index (χ0n) is 12.9. The molecule has 1 N–H and O–H groups in total. The Labute approximate surface area is 123 Å². The van der Waals surface area contributed by atoms with E-state index in [2.05, 4.69) is 48.5 Å². The molecule has 1 unspecified atom stereocenters. The van der Waals surface area contributed by atoms with Crippen LogP contribution >= 0.6 is 0 Å². The second-order valence-electron chi connectivity index (χ2n) is 5.75. The Morgan fingerprint density at radius 2 is 2.20 bits per heavy atom. The number of hydrogen-bond acceptors (Lipinski definition) is 3. The molecule has 1 fully saturated rings. The highest BCUT2D eigenvalue weighted by Crippen LogP contribution is 2.18. The van der Waals surface area contributed by atoms with Gasteiger partial charge in [-0.05, 0) is 63.5 Å². The third-order valence-electron chi connectivity index (χ3n) is 3.97. The quantitative estimate of drug-likeness (QED) is 0.864. The van der Waals surface area contributed by atoms with Gasteiger partial charge < -0.3 is 10.1 Å². The SMILES string of the molecule is CCCOc1cccc(CN(C)C2CCCNCC2)c1. The first kappa shape index (κ1) is 15.3. The molecule has 1 saturated heterocycles. The van der Waals surface area contributed by atoms with Crippen LogP contribution in [0.5, 0.6) is 5.75 Å². The maximum atomic E-state index is 5.71. The molecule has 1 aromatic rings. The zero-order chi connectivity index (χ0) is 14.2. The Balaban J connectivity index is 1.90. The van der Waals surface area contributed by atoms with Crippen molar-refractivity contribution < 1.29 is 4.74 Å². The van der Waals surface area contributed by atoms with Gasteiger partial charge in [-0.15, -0.1) is 0 Å². The molecule has 0 aromatic heterocycles. The predicted octanol–water partition coefficient (Wildman–Crippen LogP) is 3.05. The van der Waals surface area contributed by atoms with Crippen LogP contribution in [-0.4, -0.2) is 37.7 Å². The summed E-state index contributed by atoms with van der Waals surface area (Å²) in [5.41, 5.74) is 1.35. The lowest BCUT2D eigenvalue weighted by Gasteiger charge is -2.27. The van der Waals surface area contributed by atoms with Gasteiger partial charge in [0.25, 0.3) is 0 Å². The molecule has 3 nitrogen and oxygen atoms in total. The van der Waals surface area contributed by atoms with Crippen LogP contribution in [0.2, 0.25) is 0 Å². The molecule has 1 aliphatic rings. The highest BCUT2D eigenvalue weighted by atomic mass is 16.5. The number of nitrogens with zero attached hydrogens (tertiary/aromatic N) is 1. The van der Waals surface area contributed by atoms with Crippen molar-refractivity contribution in [3.63, 3.8) is 0 Å². The summed E-state index contributed by atoms with van der Waals surface area (Å²) in [7, 11) is 2.25. The summed E-state index contributed by atoms with van der Waals surface area (Å²) in [5, 5.41) is 3.48. The van der Waals surface area contributed by atoms with Crippen LogP contribution in [0.1, 0.15) is 38.2 Å². The molecule has 0 spiro atoms. The monoisotopic (exact) mass is 276 g/mol. The maximum absolute atomic E-state index is 5.71. The minimum absolute atomic E-state index is 0.699. The lowest BCUT2D eigenvalue weighted by atomic mass is 10.1. The van der Waals surface area contributed by atoms with Gasteiger partial charge in [0.2, 0.25) is 0 Å². The largest absolute Gasteiger partial charge is 0.494 e. The summed E-state index contributed by atoms with van der Waals surface area (Å²) < 4.78 is 5.71. The summed E-state index contributed by atoms with van der Waals surface area (Å²) in [6.07, 6.45) is 4.89. The lowest BCUT2D eigenvalue weighted by Crippen LogP contribution is -2.32. The Kier molecular flexibility index (Phi) is 6.34. The first-order valence-electron chi connectivity index (χ1n) is 7.92. The van der Waals surface area contributed by atoms with Crippen molar-refractivity contribution in [3.8, 4) is 5.75 Å². The third kappa shape index (κ3) is 4.80. The second kappa shape index (κ2) is 8.28. The van der Waals surface area contributed by atoms with Crippen molar-refractivity contribution in [3.05, 3.63) is 29.8 Å². The number of benzene rings is 1. The second-order valence-corrected chi connectivity index (χ2v) is 5.75. The van der Waals surface area contributed by atoms with Crippen molar-refractivity contribution >= 4 is 0 Å². The molecule has 1 aliphatic heterocycles. The van der Waals surface area contributed by atoms with Crippen LogP contribution in [0.15, 0.2) is 24.3 Å². The maximum Gasteiger partial charge on any atom is 0.119 e. The van der Waals surface area contributed by atoms with E-state index in [-0.39, 0.29) is 0 Å². The summed E-state index contributed by atoms with van der Waals surface area (Å²) in [5.74, 6) is 1.00. The first-order chi connectivity index (χ1) is 9.79. The van der Waals surface area contributed by atoms with Gasteiger partial charge in [-0.3, -0.25) is 4.90 Å². The molecule has 2 rings (SSSR count). The summed E-state index contributed by atoms with van der Waals surface area (Å²) in [6.45, 7) is 6.26. The van der Waals surface area contributed by atoms with Gasteiger partial charge in [0.1, 0.15) is 5.75 Å². The molecule has 0 saturated carbocycles. The van der Waals surface area contributed by atoms with Crippen LogP contribution < -0.4 is 10.1 Å². The van der Waals surface area contributed by atoms with Gasteiger partial charge >= 0.3 is 0 Å². The van der Waals surface area contributed by atoms with Gasteiger partial charge in [0.15, 0.2) is 0 Å². The minimum atomic E-state index is 0.699. The van der Waals surface area contributed by atoms with Crippen molar-refractivity contribution in [2.24, 2.45) is 0 Å². The van der Waals surface area contributed by atoms with Gasteiger partial charge in [0, 0.05) is 12.6 Å². The third-order valence-corrected chi connectivity index (χ3v) is 3.97. The first-order valence-corrected chi connectivity index (χ1v) is 7.92. The Morgan fingerprint density at radius 1 is 1.30 bits per heavy atom. The average Bonchev–Trinajstić information content (AvgIpc) is 2.74. The number of hydrogen-bond donors (Lipinski definition) is 1. The molecule has 112 valence electrons. The van der Waals surface area contributed by atoms with Gasteiger partial charge in [-0.2, -0.15) is 0 Å². The molecule has 3 heteroatoms. The van der Waals surface area contributed by atoms with E-state index < -0.39 is 0 Å². The molecule has 0 amide bonds. The van der Waals surface area contributed by atoms with Gasteiger partial charge in [0.05, 0.1) is 6.61 Å². The standard InChI is InChI=1S/C17H28N2O/c1-3-12-20-17-8-4-6-15(13-17)14-19(2)16-7-5-10-18-11-9-16/h4,6,8,13,16,18H,3,5,7,9-12,14H2,1-2H3. The smallest absolute Gasteiger partial charge is 0.119 e. The molecule has 1 atom stereocenters. The number of rotatable bonds is 6. The molecule has 0 bridgehead atoms. The van der Waals surface area contributed by atoms with Gasteiger partial charge in [-0.1, -0.05) is 19.1 Å². The van der Waals surface area contributed by atoms with Crippen molar-refractivity contribution in [1.82, 2.24) is 10.2 Å². The van der Waals surface area contributed by atoms with E-state index in [0.29, 0.717) is 6.04 Å². The highest BCUT2D eigenvalue weighted by Gasteiger charge is 2.16. The summed E-state index contributed by atoms with van der Waals surface area (Å²) in [6, 6.07) is 9.23. The lowest BCUT2D eigenvalue weighted by molar-refractivity contribution is 0.216. The summed E-state index contributed by atoms with van der Waals surface area (Å²) in [4.78, 5) is 2.49. The molecule has 0 aliphatic carbocycles.